The standard InChI is InChI=1S/C33H30ClN5O4/c1-33(2,3)43-32(41)39-13-11-19(12-14-39)28-23(16-35)24-17-36-31-27(29(24)38-28)25(18-37-31)30(40)22-10-9-21(15-26(22)34)42-20-7-5-4-6-8-20/h4-10,15,17-19,38H,11-14H2,1-3H3,(H,36,37). The Labute approximate surface area is 253 Å². The van der Waals surface area contributed by atoms with Crippen molar-refractivity contribution >= 4 is 45.4 Å². The van der Waals surface area contributed by atoms with Gasteiger partial charge in [0.25, 0.3) is 0 Å². The highest BCUT2D eigenvalue weighted by Gasteiger charge is 2.31. The van der Waals surface area contributed by atoms with Crippen LogP contribution >= 0.6 is 11.6 Å². The van der Waals surface area contributed by atoms with Crippen LogP contribution in [0, 0.1) is 11.3 Å². The zero-order valence-corrected chi connectivity index (χ0v) is 24.8. The second-order valence-electron chi connectivity index (χ2n) is 11.6. The molecule has 1 saturated heterocycles. The molecule has 0 unspecified atom stereocenters. The summed E-state index contributed by atoms with van der Waals surface area (Å²) < 4.78 is 11.4. The molecule has 2 N–H and O–H groups in total. The van der Waals surface area contributed by atoms with E-state index in [-0.39, 0.29) is 22.8 Å². The van der Waals surface area contributed by atoms with Crippen molar-refractivity contribution in [1.29, 1.82) is 5.26 Å². The van der Waals surface area contributed by atoms with Gasteiger partial charge in [0.2, 0.25) is 0 Å². The molecule has 9 nitrogen and oxygen atoms in total. The number of para-hydroxylation sites is 1. The maximum Gasteiger partial charge on any atom is 0.410 e. The number of hydrogen-bond donors (Lipinski definition) is 2. The van der Waals surface area contributed by atoms with Gasteiger partial charge in [0.15, 0.2) is 5.78 Å². The van der Waals surface area contributed by atoms with Crippen molar-refractivity contribution in [1.82, 2.24) is 19.9 Å². The molecule has 1 aliphatic rings. The van der Waals surface area contributed by atoms with E-state index in [9.17, 15) is 14.9 Å². The van der Waals surface area contributed by atoms with Crippen LogP contribution in [-0.2, 0) is 4.74 Å². The number of aromatic amines is 2. The highest BCUT2D eigenvalue weighted by molar-refractivity contribution is 6.36. The molecule has 1 aliphatic heterocycles. The molecule has 0 spiro atoms. The van der Waals surface area contributed by atoms with E-state index in [1.165, 1.54) is 0 Å². The first-order chi connectivity index (χ1) is 20.6. The van der Waals surface area contributed by atoms with Gasteiger partial charge < -0.3 is 24.3 Å². The van der Waals surface area contributed by atoms with Crippen molar-refractivity contribution in [3.05, 3.63) is 88.3 Å². The molecule has 43 heavy (non-hydrogen) atoms. The van der Waals surface area contributed by atoms with Gasteiger partial charge in [-0.2, -0.15) is 5.26 Å². The van der Waals surface area contributed by atoms with Gasteiger partial charge in [-0.05, 0) is 57.9 Å². The molecule has 6 rings (SSSR count). The van der Waals surface area contributed by atoms with Crippen LogP contribution in [-0.4, -0.2) is 50.4 Å². The number of H-pyrrole nitrogens is 2. The van der Waals surface area contributed by atoms with Crippen LogP contribution in [0.15, 0.2) is 60.9 Å². The van der Waals surface area contributed by atoms with Crippen LogP contribution in [0.3, 0.4) is 0 Å². The van der Waals surface area contributed by atoms with E-state index in [1.807, 2.05) is 51.1 Å². The Balaban J connectivity index is 1.30. The number of likely N-dealkylation sites (tertiary alicyclic amines) is 1. The first kappa shape index (κ1) is 28.3. The van der Waals surface area contributed by atoms with Crippen LogP contribution in [0.2, 0.25) is 5.02 Å². The van der Waals surface area contributed by atoms with Crippen LogP contribution in [0.5, 0.6) is 11.5 Å². The molecule has 0 saturated carbocycles. The number of ether oxygens (including phenoxy) is 2. The van der Waals surface area contributed by atoms with Crippen LogP contribution in [0.1, 0.15) is 66.7 Å². The number of piperidine rings is 1. The normalized spacial score (nSPS) is 14.2. The van der Waals surface area contributed by atoms with Crippen molar-refractivity contribution in [2.24, 2.45) is 0 Å². The fourth-order valence-electron chi connectivity index (χ4n) is 5.55. The Morgan fingerprint density at radius 2 is 1.81 bits per heavy atom. The molecule has 10 heteroatoms. The average molecular weight is 596 g/mol. The third-order valence-electron chi connectivity index (χ3n) is 7.58. The third-order valence-corrected chi connectivity index (χ3v) is 7.89. The van der Waals surface area contributed by atoms with Gasteiger partial charge in [-0.1, -0.05) is 29.8 Å². The quantitative estimate of drug-likeness (QED) is 0.201. The number of aromatic nitrogens is 3. The Kier molecular flexibility index (Phi) is 7.32. The van der Waals surface area contributed by atoms with E-state index >= 15 is 0 Å². The maximum absolute atomic E-state index is 13.8. The number of pyridine rings is 1. The monoisotopic (exact) mass is 595 g/mol. The fourth-order valence-corrected chi connectivity index (χ4v) is 5.81. The summed E-state index contributed by atoms with van der Waals surface area (Å²) in [6.07, 6.45) is 4.28. The number of ketones is 1. The number of carbonyl (C=O) groups is 2. The largest absolute Gasteiger partial charge is 0.457 e. The van der Waals surface area contributed by atoms with Crippen molar-refractivity contribution < 1.29 is 19.1 Å². The lowest BCUT2D eigenvalue weighted by Crippen LogP contribution is -2.41. The summed E-state index contributed by atoms with van der Waals surface area (Å²) in [5.41, 5.74) is 2.62. The molecular weight excluding hydrogens is 566 g/mol. The Morgan fingerprint density at radius 1 is 1.07 bits per heavy atom. The number of carbonyl (C=O) groups excluding carboxylic acids is 2. The number of rotatable bonds is 5. The number of nitrogens with one attached hydrogen (secondary N) is 2. The van der Waals surface area contributed by atoms with Gasteiger partial charge >= 0.3 is 6.09 Å². The van der Waals surface area contributed by atoms with Gasteiger partial charge in [-0.25, -0.2) is 9.78 Å². The minimum absolute atomic E-state index is 0.0282. The van der Waals surface area contributed by atoms with E-state index < -0.39 is 5.60 Å². The zero-order valence-electron chi connectivity index (χ0n) is 24.0. The first-order valence-corrected chi connectivity index (χ1v) is 14.5. The van der Waals surface area contributed by atoms with Crippen LogP contribution in [0.4, 0.5) is 4.79 Å². The third kappa shape index (κ3) is 5.54. The summed E-state index contributed by atoms with van der Waals surface area (Å²) in [5, 5.41) is 11.7. The highest BCUT2D eigenvalue weighted by atomic mass is 35.5. The van der Waals surface area contributed by atoms with Gasteiger partial charge in [0.1, 0.15) is 28.8 Å². The molecule has 4 heterocycles. The maximum atomic E-state index is 13.8. The molecule has 5 aromatic rings. The number of nitriles is 1. The van der Waals surface area contributed by atoms with Crippen molar-refractivity contribution in [3.8, 4) is 17.6 Å². The second kappa shape index (κ2) is 11.1. The summed E-state index contributed by atoms with van der Waals surface area (Å²) in [4.78, 5) is 39.2. The average Bonchev–Trinajstić information content (AvgIpc) is 3.58. The smallest absolute Gasteiger partial charge is 0.410 e. The van der Waals surface area contributed by atoms with Crippen molar-refractivity contribution in [2.75, 3.05) is 13.1 Å². The van der Waals surface area contributed by atoms with Gasteiger partial charge in [0.05, 0.1) is 27.1 Å². The molecule has 1 fully saturated rings. The van der Waals surface area contributed by atoms with Crippen molar-refractivity contribution in [3.63, 3.8) is 0 Å². The number of hydrogen-bond acceptors (Lipinski definition) is 6. The zero-order chi connectivity index (χ0) is 30.3. The summed E-state index contributed by atoms with van der Waals surface area (Å²) in [6, 6.07) is 16.6. The lowest BCUT2D eigenvalue weighted by molar-refractivity contribution is 0.0204. The second-order valence-corrected chi connectivity index (χ2v) is 12.0. The topological polar surface area (TPSA) is 124 Å². The Morgan fingerprint density at radius 3 is 2.49 bits per heavy atom. The highest BCUT2D eigenvalue weighted by Crippen LogP contribution is 2.38. The van der Waals surface area contributed by atoms with Crippen LogP contribution < -0.4 is 4.74 Å². The number of benzene rings is 2. The Bertz CT molecular complexity index is 1890. The molecule has 218 valence electrons. The van der Waals surface area contributed by atoms with Crippen molar-refractivity contribution in [2.45, 2.75) is 45.1 Å². The van der Waals surface area contributed by atoms with E-state index in [0.29, 0.717) is 76.1 Å². The number of fused-ring (bicyclic) bond motifs is 3. The van der Waals surface area contributed by atoms with E-state index in [2.05, 4.69) is 21.0 Å². The van der Waals surface area contributed by atoms with Crippen LogP contribution in [0.25, 0.3) is 21.9 Å². The number of nitrogens with zero attached hydrogens (tertiary/aromatic N) is 3. The molecule has 3 aromatic heterocycles. The summed E-state index contributed by atoms with van der Waals surface area (Å²) in [6.45, 7) is 6.58. The van der Waals surface area contributed by atoms with E-state index in [0.717, 1.165) is 5.69 Å². The lowest BCUT2D eigenvalue weighted by atomic mass is 9.91. The lowest BCUT2D eigenvalue weighted by Gasteiger charge is -2.33. The molecule has 0 bridgehead atoms. The number of amides is 1. The number of halogens is 1. The summed E-state index contributed by atoms with van der Waals surface area (Å²) in [7, 11) is 0. The predicted molar refractivity (Wildman–Crippen MR) is 164 cm³/mol. The Hall–Kier alpha value is -4.81. The molecule has 1 amide bonds. The summed E-state index contributed by atoms with van der Waals surface area (Å²) in [5.74, 6) is 0.924. The fraction of sp³-hybridized carbons (Fsp3) is 0.273. The molecule has 0 atom stereocenters. The minimum Gasteiger partial charge on any atom is -0.457 e. The SMILES string of the molecule is CC(C)(C)OC(=O)N1CCC(c2[nH]c3c(cnc4[nH]cc(C(=O)c5ccc(Oc6ccccc6)cc5Cl)c43)c2C#N)CC1. The van der Waals surface area contributed by atoms with E-state index in [4.69, 9.17) is 21.1 Å². The first-order valence-electron chi connectivity index (χ1n) is 14.1. The molecular formula is C33H30ClN5O4. The minimum atomic E-state index is -0.564. The summed E-state index contributed by atoms with van der Waals surface area (Å²) >= 11 is 6.59. The molecule has 0 aliphatic carbocycles. The van der Waals surface area contributed by atoms with Gasteiger partial charge in [0, 0.05) is 54.1 Å². The molecule has 0 radical (unpaired) electrons. The van der Waals surface area contributed by atoms with Gasteiger partial charge in [-0.3, -0.25) is 4.79 Å². The van der Waals surface area contributed by atoms with E-state index in [1.54, 1.807) is 35.5 Å². The van der Waals surface area contributed by atoms with Gasteiger partial charge in [-0.15, -0.1) is 0 Å². The molecule has 2 aromatic carbocycles. The predicted octanol–water partition coefficient (Wildman–Crippen LogP) is 7.71.